The number of aromatic nitrogens is 2. The Kier molecular flexibility index (Phi) is 4.20. The standard InChI is InChI=1S/C16H19FN4O/c17-13-2-1-3-15(10-13)21-9-6-14(19-21)11-20-7-4-12(5-8-20)16(18)22/h1-3,6,9-10,12H,4-5,7-8,11H2,(H2,18,22). The SMILES string of the molecule is NC(=O)C1CCN(Cc2ccn(-c3cccc(F)c3)n2)CC1. The summed E-state index contributed by atoms with van der Waals surface area (Å²) in [6.45, 7) is 2.43. The molecule has 1 saturated heterocycles. The number of nitrogens with two attached hydrogens (primary N) is 1. The number of nitrogens with zero attached hydrogens (tertiary/aromatic N) is 3. The average Bonchev–Trinajstić information content (AvgIpc) is 2.96. The van der Waals surface area contributed by atoms with Gasteiger partial charge in [-0.15, -0.1) is 0 Å². The molecular formula is C16H19FN4O. The minimum absolute atomic E-state index is 0.00102. The topological polar surface area (TPSA) is 64.2 Å². The van der Waals surface area contributed by atoms with Gasteiger partial charge in [-0.1, -0.05) is 6.07 Å². The first-order valence-electron chi connectivity index (χ1n) is 7.44. The summed E-state index contributed by atoms with van der Waals surface area (Å²) in [5.41, 5.74) is 6.98. The number of primary amides is 1. The third-order valence-electron chi connectivity index (χ3n) is 4.09. The maximum atomic E-state index is 13.2. The Bertz CT molecular complexity index is 662. The van der Waals surface area contributed by atoms with Gasteiger partial charge in [0, 0.05) is 18.7 Å². The van der Waals surface area contributed by atoms with E-state index in [9.17, 15) is 9.18 Å². The fraction of sp³-hybridized carbons (Fsp3) is 0.375. The van der Waals surface area contributed by atoms with Crippen LogP contribution in [0.3, 0.4) is 0 Å². The lowest BCUT2D eigenvalue weighted by atomic mass is 9.96. The molecule has 0 atom stereocenters. The average molecular weight is 302 g/mol. The van der Waals surface area contributed by atoms with Gasteiger partial charge in [-0.05, 0) is 50.2 Å². The number of halogens is 1. The van der Waals surface area contributed by atoms with Gasteiger partial charge < -0.3 is 5.73 Å². The van der Waals surface area contributed by atoms with Crippen molar-refractivity contribution in [1.82, 2.24) is 14.7 Å². The first-order valence-corrected chi connectivity index (χ1v) is 7.44. The van der Waals surface area contributed by atoms with Crippen molar-refractivity contribution in [2.75, 3.05) is 13.1 Å². The highest BCUT2D eigenvalue weighted by Crippen LogP contribution is 2.18. The highest BCUT2D eigenvalue weighted by Gasteiger charge is 2.23. The first-order chi connectivity index (χ1) is 10.6. The van der Waals surface area contributed by atoms with Crippen LogP contribution in [0.15, 0.2) is 36.5 Å². The molecule has 5 nitrogen and oxygen atoms in total. The van der Waals surface area contributed by atoms with Crippen LogP contribution in [0.2, 0.25) is 0 Å². The van der Waals surface area contributed by atoms with E-state index in [1.807, 2.05) is 18.3 Å². The van der Waals surface area contributed by atoms with E-state index in [1.165, 1.54) is 12.1 Å². The van der Waals surface area contributed by atoms with Gasteiger partial charge in [0.25, 0.3) is 0 Å². The molecule has 1 fully saturated rings. The smallest absolute Gasteiger partial charge is 0.220 e. The molecule has 2 aromatic rings. The van der Waals surface area contributed by atoms with Crippen LogP contribution in [-0.2, 0) is 11.3 Å². The lowest BCUT2D eigenvalue weighted by Gasteiger charge is -2.29. The Balaban J connectivity index is 1.62. The van der Waals surface area contributed by atoms with Crippen molar-refractivity contribution in [3.05, 3.63) is 48.0 Å². The number of rotatable bonds is 4. The van der Waals surface area contributed by atoms with Crippen LogP contribution in [0.25, 0.3) is 5.69 Å². The zero-order valence-electron chi connectivity index (χ0n) is 12.3. The van der Waals surface area contributed by atoms with E-state index < -0.39 is 0 Å². The van der Waals surface area contributed by atoms with Crippen molar-refractivity contribution in [2.45, 2.75) is 19.4 Å². The number of likely N-dealkylation sites (tertiary alicyclic amines) is 1. The third-order valence-corrected chi connectivity index (χ3v) is 4.09. The molecule has 0 saturated carbocycles. The number of benzene rings is 1. The number of hydrogen-bond acceptors (Lipinski definition) is 3. The fourth-order valence-corrected chi connectivity index (χ4v) is 2.81. The maximum Gasteiger partial charge on any atom is 0.220 e. The van der Waals surface area contributed by atoms with Crippen LogP contribution >= 0.6 is 0 Å². The van der Waals surface area contributed by atoms with E-state index in [1.54, 1.807) is 10.7 Å². The van der Waals surface area contributed by atoms with Crippen molar-refractivity contribution in [1.29, 1.82) is 0 Å². The highest BCUT2D eigenvalue weighted by atomic mass is 19.1. The minimum Gasteiger partial charge on any atom is -0.369 e. The van der Waals surface area contributed by atoms with Crippen LogP contribution < -0.4 is 5.73 Å². The first kappa shape index (κ1) is 14.7. The van der Waals surface area contributed by atoms with Gasteiger partial charge in [-0.3, -0.25) is 9.69 Å². The van der Waals surface area contributed by atoms with E-state index in [0.29, 0.717) is 5.69 Å². The molecular weight excluding hydrogens is 283 g/mol. The Morgan fingerprint density at radius 1 is 1.32 bits per heavy atom. The van der Waals surface area contributed by atoms with E-state index in [4.69, 9.17) is 5.73 Å². The monoisotopic (exact) mass is 302 g/mol. The van der Waals surface area contributed by atoms with E-state index >= 15 is 0 Å². The van der Waals surface area contributed by atoms with Gasteiger partial charge in [0.05, 0.1) is 11.4 Å². The second kappa shape index (κ2) is 6.27. The number of piperidine rings is 1. The molecule has 6 heteroatoms. The number of amides is 1. The second-order valence-corrected chi connectivity index (χ2v) is 5.68. The van der Waals surface area contributed by atoms with Gasteiger partial charge in [-0.2, -0.15) is 5.10 Å². The predicted octanol–water partition coefficient (Wildman–Crippen LogP) is 1.71. The summed E-state index contributed by atoms with van der Waals surface area (Å²) in [6.07, 6.45) is 3.44. The summed E-state index contributed by atoms with van der Waals surface area (Å²) < 4.78 is 14.9. The lowest BCUT2D eigenvalue weighted by Crippen LogP contribution is -2.38. The molecule has 1 aliphatic rings. The molecule has 0 unspecified atom stereocenters. The van der Waals surface area contributed by atoms with Crippen LogP contribution in [0, 0.1) is 11.7 Å². The molecule has 1 amide bonds. The predicted molar refractivity (Wildman–Crippen MR) is 80.7 cm³/mol. The largest absolute Gasteiger partial charge is 0.369 e. The van der Waals surface area contributed by atoms with Crippen molar-refractivity contribution < 1.29 is 9.18 Å². The Hall–Kier alpha value is -2.21. The Labute approximate surface area is 128 Å². The van der Waals surface area contributed by atoms with Gasteiger partial charge in [-0.25, -0.2) is 9.07 Å². The zero-order valence-corrected chi connectivity index (χ0v) is 12.3. The van der Waals surface area contributed by atoms with Crippen molar-refractivity contribution in [3.8, 4) is 5.69 Å². The van der Waals surface area contributed by atoms with Crippen LogP contribution in [0.4, 0.5) is 4.39 Å². The normalized spacial score (nSPS) is 16.8. The minimum atomic E-state index is -0.275. The van der Waals surface area contributed by atoms with Gasteiger partial charge in [0.15, 0.2) is 0 Å². The molecule has 0 bridgehead atoms. The maximum absolute atomic E-state index is 13.2. The summed E-state index contributed by atoms with van der Waals surface area (Å²) in [7, 11) is 0. The zero-order chi connectivity index (χ0) is 15.5. The highest BCUT2D eigenvalue weighted by molar-refractivity contribution is 5.76. The molecule has 116 valence electrons. The molecule has 0 spiro atoms. The van der Waals surface area contributed by atoms with Crippen LogP contribution in [0.5, 0.6) is 0 Å². The molecule has 22 heavy (non-hydrogen) atoms. The van der Waals surface area contributed by atoms with Gasteiger partial charge >= 0.3 is 0 Å². The summed E-state index contributed by atoms with van der Waals surface area (Å²) in [6, 6.07) is 8.29. The molecule has 1 aromatic heterocycles. The molecule has 2 heterocycles. The second-order valence-electron chi connectivity index (χ2n) is 5.68. The third kappa shape index (κ3) is 3.33. The van der Waals surface area contributed by atoms with Crippen molar-refractivity contribution in [2.24, 2.45) is 11.7 Å². The fourth-order valence-electron chi connectivity index (χ4n) is 2.81. The summed E-state index contributed by atoms with van der Waals surface area (Å²) >= 11 is 0. The molecule has 1 aromatic carbocycles. The summed E-state index contributed by atoms with van der Waals surface area (Å²) in [5.74, 6) is -0.473. The van der Waals surface area contributed by atoms with Gasteiger partial charge in [0.1, 0.15) is 5.82 Å². The van der Waals surface area contributed by atoms with E-state index in [2.05, 4.69) is 10.00 Å². The Morgan fingerprint density at radius 2 is 2.09 bits per heavy atom. The van der Waals surface area contributed by atoms with Crippen molar-refractivity contribution in [3.63, 3.8) is 0 Å². The van der Waals surface area contributed by atoms with Crippen LogP contribution in [0.1, 0.15) is 18.5 Å². The summed E-state index contributed by atoms with van der Waals surface area (Å²) in [5, 5.41) is 4.49. The quantitative estimate of drug-likeness (QED) is 0.935. The van der Waals surface area contributed by atoms with Crippen LogP contribution in [-0.4, -0.2) is 33.7 Å². The van der Waals surface area contributed by atoms with Crippen molar-refractivity contribution >= 4 is 5.91 Å². The number of hydrogen-bond donors (Lipinski definition) is 1. The molecule has 3 rings (SSSR count). The van der Waals surface area contributed by atoms with E-state index in [-0.39, 0.29) is 17.6 Å². The number of carbonyl (C=O) groups is 1. The molecule has 2 N–H and O–H groups in total. The van der Waals surface area contributed by atoms with Gasteiger partial charge in [0.2, 0.25) is 5.91 Å². The summed E-state index contributed by atoms with van der Waals surface area (Å²) in [4.78, 5) is 13.4. The Morgan fingerprint density at radius 3 is 2.77 bits per heavy atom. The number of carbonyl (C=O) groups excluding carboxylic acids is 1. The molecule has 1 aliphatic heterocycles. The molecule has 0 aliphatic carbocycles. The van der Waals surface area contributed by atoms with E-state index in [0.717, 1.165) is 38.2 Å². The molecule has 0 radical (unpaired) electrons. The lowest BCUT2D eigenvalue weighted by molar-refractivity contribution is -0.123.